The molecule has 0 radical (unpaired) electrons. The van der Waals surface area contributed by atoms with Crippen molar-refractivity contribution in [2.75, 3.05) is 12.1 Å². The lowest BCUT2D eigenvalue weighted by molar-refractivity contribution is 0.102. The molecule has 1 aliphatic rings. The second kappa shape index (κ2) is 6.06. The highest BCUT2D eigenvalue weighted by molar-refractivity contribution is 7.14. The van der Waals surface area contributed by atoms with Gasteiger partial charge in [-0.2, -0.15) is 0 Å². The molecule has 0 unspecified atom stereocenters. The van der Waals surface area contributed by atoms with Crippen LogP contribution >= 0.6 is 11.3 Å². The number of hydrogen-bond acceptors (Lipinski definition) is 6. The second-order valence-corrected chi connectivity index (χ2v) is 6.30. The van der Waals surface area contributed by atoms with Gasteiger partial charge >= 0.3 is 0 Å². The molecule has 2 N–H and O–H groups in total. The predicted molar refractivity (Wildman–Crippen MR) is 93.4 cm³/mol. The summed E-state index contributed by atoms with van der Waals surface area (Å²) < 4.78 is 10.6. The maximum atomic E-state index is 12.2. The summed E-state index contributed by atoms with van der Waals surface area (Å²) in [7, 11) is 0. The molecule has 1 aliphatic heterocycles. The first-order valence-electron chi connectivity index (χ1n) is 7.47. The summed E-state index contributed by atoms with van der Waals surface area (Å²) in [5.74, 6) is 0.876. The number of anilines is 1. The van der Waals surface area contributed by atoms with E-state index >= 15 is 0 Å². The number of carbonyl (C=O) groups excluding carboxylic acids is 1. The molecule has 126 valence electrons. The van der Waals surface area contributed by atoms with E-state index in [0.717, 1.165) is 5.56 Å². The molecule has 4 rings (SSSR count). The second-order valence-electron chi connectivity index (χ2n) is 5.44. The summed E-state index contributed by atoms with van der Waals surface area (Å²) in [6, 6.07) is 8.71. The third-order valence-corrected chi connectivity index (χ3v) is 4.45. The van der Waals surface area contributed by atoms with E-state index in [1.165, 1.54) is 17.4 Å². The highest BCUT2D eigenvalue weighted by Gasteiger charge is 2.16. The first kappa shape index (κ1) is 15.4. The number of aromatic nitrogens is 2. The first-order valence-corrected chi connectivity index (χ1v) is 8.35. The molecule has 0 spiro atoms. The maximum absolute atomic E-state index is 12.2. The van der Waals surface area contributed by atoms with Gasteiger partial charge in [-0.25, -0.2) is 4.98 Å². The Morgan fingerprint density at radius 3 is 2.92 bits per heavy atom. The van der Waals surface area contributed by atoms with Crippen molar-refractivity contribution in [3.8, 4) is 22.8 Å². The number of fused-ring (bicyclic) bond motifs is 1. The largest absolute Gasteiger partial charge is 0.454 e. The lowest BCUT2D eigenvalue weighted by atomic mass is 10.1. The van der Waals surface area contributed by atoms with Gasteiger partial charge < -0.3 is 14.5 Å². The molecule has 0 saturated heterocycles. The zero-order valence-electron chi connectivity index (χ0n) is 13.2. The van der Waals surface area contributed by atoms with Crippen molar-refractivity contribution in [2.45, 2.75) is 6.92 Å². The molecule has 25 heavy (non-hydrogen) atoms. The minimum atomic E-state index is -0.493. The van der Waals surface area contributed by atoms with Crippen molar-refractivity contribution in [2.24, 2.45) is 0 Å². The highest BCUT2D eigenvalue weighted by Crippen LogP contribution is 2.36. The van der Waals surface area contributed by atoms with Gasteiger partial charge in [0.1, 0.15) is 5.56 Å². The molecule has 1 aromatic carbocycles. The fourth-order valence-electron chi connectivity index (χ4n) is 2.43. The van der Waals surface area contributed by atoms with Crippen molar-refractivity contribution in [3.63, 3.8) is 0 Å². The van der Waals surface area contributed by atoms with E-state index in [1.807, 2.05) is 23.6 Å². The number of pyridine rings is 1. The highest BCUT2D eigenvalue weighted by atomic mass is 32.1. The minimum Gasteiger partial charge on any atom is -0.454 e. The van der Waals surface area contributed by atoms with Crippen LogP contribution in [0.5, 0.6) is 11.5 Å². The van der Waals surface area contributed by atoms with Crippen molar-refractivity contribution in [3.05, 3.63) is 57.3 Å². The van der Waals surface area contributed by atoms with Gasteiger partial charge in [0.25, 0.3) is 11.5 Å². The number of aromatic amines is 1. The fraction of sp³-hybridized carbons (Fsp3) is 0.118. The van der Waals surface area contributed by atoms with Crippen LogP contribution < -0.4 is 20.3 Å². The Morgan fingerprint density at radius 1 is 1.24 bits per heavy atom. The summed E-state index contributed by atoms with van der Waals surface area (Å²) >= 11 is 1.28. The van der Waals surface area contributed by atoms with Gasteiger partial charge in [0, 0.05) is 16.6 Å². The Labute approximate surface area is 146 Å². The van der Waals surface area contributed by atoms with E-state index in [9.17, 15) is 9.59 Å². The molecular formula is C17H13N3O4S. The van der Waals surface area contributed by atoms with E-state index < -0.39 is 11.5 Å². The van der Waals surface area contributed by atoms with Gasteiger partial charge in [-0.1, -0.05) is 0 Å². The summed E-state index contributed by atoms with van der Waals surface area (Å²) in [5, 5.41) is 4.89. The number of benzene rings is 1. The fourth-order valence-corrected chi connectivity index (χ4v) is 3.15. The summed E-state index contributed by atoms with van der Waals surface area (Å²) in [5.41, 5.74) is 1.88. The summed E-state index contributed by atoms with van der Waals surface area (Å²) in [4.78, 5) is 31.1. The molecule has 7 nitrogen and oxygen atoms in total. The quantitative estimate of drug-likeness (QED) is 0.753. The van der Waals surface area contributed by atoms with Crippen LogP contribution in [-0.2, 0) is 0 Å². The molecule has 8 heteroatoms. The van der Waals surface area contributed by atoms with Gasteiger partial charge in [0.2, 0.25) is 6.79 Å². The first-order chi connectivity index (χ1) is 12.1. The number of nitrogens with zero attached hydrogens (tertiary/aromatic N) is 1. The maximum Gasteiger partial charge on any atom is 0.263 e. The number of rotatable bonds is 3. The van der Waals surface area contributed by atoms with Crippen LogP contribution in [0, 0.1) is 6.92 Å². The third kappa shape index (κ3) is 2.99. The number of thiazole rings is 1. The Kier molecular flexibility index (Phi) is 3.73. The van der Waals surface area contributed by atoms with Gasteiger partial charge in [0.05, 0.1) is 5.69 Å². The number of nitrogens with one attached hydrogen (secondary N) is 2. The molecule has 0 saturated carbocycles. The number of carbonyl (C=O) groups is 1. The van der Waals surface area contributed by atoms with Crippen molar-refractivity contribution >= 4 is 22.4 Å². The monoisotopic (exact) mass is 355 g/mol. The van der Waals surface area contributed by atoms with E-state index in [1.54, 1.807) is 13.0 Å². The zero-order chi connectivity index (χ0) is 17.4. The number of hydrogen-bond donors (Lipinski definition) is 2. The van der Waals surface area contributed by atoms with Gasteiger partial charge in [-0.15, -0.1) is 11.3 Å². The average Bonchev–Trinajstić information content (AvgIpc) is 3.22. The topological polar surface area (TPSA) is 93.3 Å². The average molecular weight is 355 g/mol. The smallest absolute Gasteiger partial charge is 0.263 e. The molecule has 3 aromatic rings. The zero-order valence-corrected chi connectivity index (χ0v) is 14.0. The summed E-state index contributed by atoms with van der Waals surface area (Å²) in [6.45, 7) is 1.96. The Bertz CT molecular complexity index is 1020. The van der Waals surface area contributed by atoms with Crippen LogP contribution in [0.4, 0.5) is 5.13 Å². The molecular weight excluding hydrogens is 342 g/mol. The number of H-pyrrole nitrogens is 1. The van der Waals surface area contributed by atoms with Crippen LogP contribution in [0.1, 0.15) is 16.1 Å². The lowest BCUT2D eigenvalue weighted by Crippen LogP contribution is -2.23. The van der Waals surface area contributed by atoms with E-state index in [-0.39, 0.29) is 12.4 Å². The summed E-state index contributed by atoms with van der Waals surface area (Å²) in [6.07, 6.45) is 0. The molecule has 2 aromatic heterocycles. The van der Waals surface area contributed by atoms with Gasteiger partial charge in [0.15, 0.2) is 16.6 Å². The van der Waals surface area contributed by atoms with E-state index in [2.05, 4.69) is 15.3 Å². The molecule has 0 aliphatic carbocycles. The standard InChI is InChI=1S/C17H13N3O4S/c1-9-2-4-11(15(21)18-9)16(22)20-17-19-12(7-25-17)10-3-5-13-14(6-10)24-8-23-13/h2-7H,8H2,1H3,(H,18,21)(H,19,20,22). The Balaban J connectivity index is 1.55. The molecule has 0 bridgehead atoms. The number of aryl methyl sites for hydroxylation is 1. The van der Waals surface area contributed by atoms with E-state index in [4.69, 9.17) is 9.47 Å². The van der Waals surface area contributed by atoms with Crippen molar-refractivity contribution in [1.82, 2.24) is 9.97 Å². The van der Waals surface area contributed by atoms with Crippen molar-refractivity contribution in [1.29, 1.82) is 0 Å². The van der Waals surface area contributed by atoms with Crippen LogP contribution in [-0.4, -0.2) is 22.7 Å². The third-order valence-electron chi connectivity index (χ3n) is 3.69. The number of amides is 1. The molecule has 0 atom stereocenters. The Morgan fingerprint density at radius 2 is 2.08 bits per heavy atom. The minimum absolute atomic E-state index is 0.0467. The van der Waals surface area contributed by atoms with Crippen LogP contribution in [0.25, 0.3) is 11.3 Å². The lowest BCUT2D eigenvalue weighted by Gasteiger charge is -2.02. The SMILES string of the molecule is Cc1ccc(C(=O)Nc2nc(-c3ccc4c(c3)OCO4)cs2)c(=O)[nH]1. The predicted octanol–water partition coefficient (Wildman–Crippen LogP) is 2.79. The number of ether oxygens (including phenoxy) is 2. The van der Waals surface area contributed by atoms with Crippen LogP contribution in [0.3, 0.4) is 0 Å². The van der Waals surface area contributed by atoms with Crippen LogP contribution in [0.15, 0.2) is 40.5 Å². The normalized spacial score (nSPS) is 12.2. The van der Waals surface area contributed by atoms with Gasteiger partial charge in [-0.3, -0.25) is 14.9 Å². The molecule has 3 heterocycles. The van der Waals surface area contributed by atoms with Crippen molar-refractivity contribution < 1.29 is 14.3 Å². The Hall–Kier alpha value is -3.13. The molecule has 0 fully saturated rings. The molecule has 1 amide bonds. The van der Waals surface area contributed by atoms with Crippen LogP contribution in [0.2, 0.25) is 0 Å². The van der Waals surface area contributed by atoms with E-state index in [0.29, 0.717) is 28.0 Å². The van der Waals surface area contributed by atoms with Gasteiger partial charge in [-0.05, 0) is 37.3 Å².